The summed E-state index contributed by atoms with van der Waals surface area (Å²) in [6.45, 7) is 3.89. The molecule has 1 aliphatic heterocycles. The van der Waals surface area contributed by atoms with E-state index < -0.39 is 11.8 Å². The molecule has 1 fully saturated rings. The Kier molecular flexibility index (Phi) is 7.00. The summed E-state index contributed by atoms with van der Waals surface area (Å²) >= 11 is 0. The van der Waals surface area contributed by atoms with Crippen molar-refractivity contribution in [1.29, 1.82) is 0 Å². The zero-order chi connectivity index (χ0) is 15.0. The van der Waals surface area contributed by atoms with E-state index in [-0.39, 0.29) is 19.1 Å². The summed E-state index contributed by atoms with van der Waals surface area (Å²) < 4.78 is 0. The Morgan fingerprint density at radius 2 is 2.20 bits per heavy atom. The van der Waals surface area contributed by atoms with Crippen LogP contribution in [0.5, 0.6) is 0 Å². The lowest BCUT2D eigenvalue weighted by atomic mass is 10.3. The van der Waals surface area contributed by atoms with Crippen molar-refractivity contribution in [3.8, 4) is 0 Å². The smallest absolute Gasteiger partial charge is 0.311 e. The molecule has 1 rings (SSSR count). The van der Waals surface area contributed by atoms with Gasteiger partial charge in [-0.3, -0.25) is 14.4 Å². The van der Waals surface area contributed by atoms with E-state index in [0.29, 0.717) is 32.5 Å². The number of aliphatic hydroxyl groups excluding tert-OH is 1. The van der Waals surface area contributed by atoms with Gasteiger partial charge in [0.2, 0.25) is 5.91 Å². The number of rotatable bonds is 7. The van der Waals surface area contributed by atoms with E-state index in [1.54, 1.807) is 11.8 Å². The first-order valence-corrected chi connectivity index (χ1v) is 7.05. The molecule has 7 heteroatoms. The molecule has 0 aliphatic carbocycles. The fraction of sp³-hybridized carbons (Fsp3) is 0.769. The number of nitrogens with zero attached hydrogens (tertiary/aromatic N) is 2. The second kappa shape index (κ2) is 8.52. The number of amides is 3. The van der Waals surface area contributed by atoms with Gasteiger partial charge in [0.25, 0.3) is 0 Å². The Balaban J connectivity index is 2.21. The lowest BCUT2D eigenvalue weighted by Crippen LogP contribution is -2.44. The average molecular weight is 285 g/mol. The minimum atomic E-state index is -0.659. The molecule has 0 saturated carbocycles. The summed E-state index contributed by atoms with van der Waals surface area (Å²) in [4.78, 5) is 37.8. The molecule has 3 amide bonds. The normalized spacial score (nSPS) is 14.5. The van der Waals surface area contributed by atoms with Crippen LogP contribution < -0.4 is 5.32 Å². The minimum absolute atomic E-state index is 0.158. The highest BCUT2D eigenvalue weighted by Gasteiger charge is 2.21. The van der Waals surface area contributed by atoms with Crippen molar-refractivity contribution in [2.24, 2.45) is 0 Å². The summed E-state index contributed by atoms with van der Waals surface area (Å²) in [6, 6.07) is 0. The lowest BCUT2D eigenvalue weighted by Gasteiger charge is -2.19. The van der Waals surface area contributed by atoms with E-state index in [0.717, 1.165) is 13.0 Å². The van der Waals surface area contributed by atoms with E-state index >= 15 is 0 Å². The van der Waals surface area contributed by atoms with E-state index in [2.05, 4.69) is 5.32 Å². The predicted molar refractivity (Wildman–Crippen MR) is 72.8 cm³/mol. The molecule has 1 saturated heterocycles. The quantitative estimate of drug-likeness (QED) is 0.462. The minimum Gasteiger partial charge on any atom is -0.395 e. The molecular formula is C13H23N3O4. The SMILES string of the molecule is CCN(CCO)C(=O)C(=O)NCCCN1CCCC1=O. The second-order valence-electron chi connectivity index (χ2n) is 4.70. The molecule has 7 nitrogen and oxygen atoms in total. The third kappa shape index (κ3) is 4.80. The third-order valence-corrected chi connectivity index (χ3v) is 3.29. The van der Waals surface area contributed by atoms with Crippen molar-refractivity contribution >= 4 is 17.7 Å². The van der Waals surface area contributed by atoms with Crippen molar-refractivity contribution in [2.75, 3.05) is 39.3 Å². The number of hydrogen-bond acceptors (Lipinski definition) is 4. The summed E-state index contributed by atoms with van der Waals surface area (Å²) in [5.74, 6) is -1.13. The highest BCUT2D eigenvalue weighted by Crippen LogP contribution is 2.09. The fourth-order valence-electron chi connectivity index (χ4n) is 2.16. The number of aliphatic hydroxyl groups is 1. The molecule has 0 aromatic rings. The zero-order valence-electron chi connectivity index (χ0n) is 11.9. The average Bonchev–Trinajstić information content (AvgIpc) is 2.85. The maximum absolute atomic E-state index is 11.7. The van der Waals surface area contributed by atoms with Crippen LogP contribution in [-0.4, -0.2) is 72.0 Å². The first-order chi connectivity index (χ1) is 9.60. The Hall–Kier alpha value is -1.63. The summed E-state index contributed by atoms with van der Waals surface area (Å²) in [6.07, 6.45) is 2.14. The molecule has 20 heavy (non-hydrogen) atoms. The van der Waals surface area contributed by atoms with E-state index in [1.807, 2.05) is 0 Å². The summed E-state index contributed by atoms with van der Waals surface area (Å²) in [7, 11) is 0. The maximum atomic E-state index is 11.7. The zero-order valence-corrected chi connectivity index (χ0v) is 11.9. The number of likely N-dealkylation sites (N-methyl/N-ethyl adjacent to an activating group) is 1. The van der Waals surface area contributed by atoms with Gasteiger partial charge in [-0.2, -0.15) is 0 Å². The molecule has 1 heterocycles. The van der Waals surface area contributed by atoms with Crippen LogP contribution >= 0.6 is 0 Å². The highest BCUT2D eigenvalue weighted by atomic mass is 16.3. The largest absolute Gasteiger partial charge is 0.395 e. The second-order valence-corrected chi connectivity index (χ2v) is 4.70. The van der Waals surface area contributed by atoms with Crippen LogP contribution in [0.4, 0.5) is 0 Å². The molecule has 2 N–H and O–H groups in total. The molecule has 0 bridgehead atoms. The van der Waals surface area contributed by atoms with Gasteiger partial charge in [0.1, 0.15) is 0 Å². The van der Waals surface area contributed by atoms with Crippen LogP contribution in [-0.2, 0) is 14.4 Å². The van der Waals surface area contributed by atoms with Crippen LogP contribution in [0.3, 0.4) is 0 Å². The number of hydrogen-bond donors (Lipinski definition) is 2. The third-order valence-electron chi connectivity index (χ3n) is 3.29. The van der Waals surface area contributed by atoms with Crippen molar-refractivity contribution in [3.63, 3.8) is 0 Å². The maximum Gasteiger partial charge on any atom is 0.311 e. The van der Waals surface area contributed by atoms with Crippen LogP contribution in [0.15, 0.2) is 0 Å². The Labute approximate surface area is 118 Å². The Morgan fingerprint density at radius 1 is 1.45 bits per heavy atom. The van der Waals surface area contributed by atoms with Gasteiger partial charge in [-0.05, 0) is 19.8 Å². The van der Waals surface area contributed by atoms with Gasteiger partial charge in [0.15, 0.2) is 0 Å². The van der Waals surface area contributed by atoms with Gasteiger partial charge >= 0.3 is 11.8 Å². The van der Waals surface area contributed by atoms with Gasteiger partial charge in [0, 0.05) is 39.1 Å². The van der Waals surface area contributed by atoms with Crippen LogP contribution in [0.2, 0.25) is 0 Å². The molecule has 1 aliphatic rings. The molecule has 0 unspecified atom stereocenters. The van der Waals surface area contributed by atoms with Crippen molar-refractivity contribution in [3.05, 3.63) is 0 Å². The molecule has 0 atom stereocenters. The van der Waals surface area contributed by atoms with Gasteiger partial charge in [0.05, 0.1) is 6.61 Å². The molecule has 0 aromatic carbocycles. The van der Waals surface area contributed by atoms with E-state index in [1.165, 1.54) is 4.90 Å². The first-order valence-electron chi connectivity index (χ1n) is 7.05. The number of likely N-dealkylation sites (tertiary alicyclic amines) is 1. The fourth-order valence-corrected chi connectivity index (χ4v) is 2.16. The van der Waals surface area contributed by atoms with Crippen LogP contribution in [0.1, 0.15) is 26.2 Å². The van der Waals surface area contributed by atoms with Crippen molar-refractivity contribution < 1.29 is 19.5 Å². The monoisotopic (exact) mass is 285 g/mol. The number of carbonyl (C=O) groups is 3. The predicted octanol–water partition coefficient (Wildman–Crippen LogP) is -1.04. The molecule has 0 spiro atoms. The number of carbonyl (C=O) groups excluding carboxylic acids is 3. The van der Waals surface area contributed by atoms with Crippen molar-refractivity contribution in [2.45, 2.75) is 26.2 Å². The van der Waals surface area contributed by atoms with Crippen LogP contribution in [0, 0.1) is 0 Å². The Morgan fingerprint density at radius 3 is 2.75 bits per heavy atom. The van der Waals surface area contributed by atoms with Gasteiger partial charge in [-0.25, -0.2) is 0 Å². The van der Waals surface area contributed by atoms with Crippen molar-refractivity contribution in [1.82, 2.24) is 15.1 Å². The Bertz CT molecular complexity index is 360. The molecule has 0 radical (unpaired) electrons. The van der Waals surface area contributed by atoms with Gasteiger partial charge in [-0.15, -0.1) is 0 Å². The standard InChI is InChI=1S/C13H23N3O4/c1-2-15(9-10-17)13(20)12(19)14-6-4-8-16-7-3-5-11(16)18/h17H,2-10H2,1H3,(H,14,19). The van der Waals surface area contributed by atoms with E-state index in [4.69, 9.17) is 5.11 Å². The lowest BCUT2D eigenvalue weighted by molar-refractivity contribution is -0.146. The van der Waals surface area contributed by atoms with Gasteiger partial charge < -0.3 is 20.2 Å². The topological polar surface area (TPSA) is 89.9 Å². The first kappa shape index (κ1) is 16.4. The number of nitrogens with one attached hydrogen (secondary N) is 1. The molecule has 0 aromatic heterocycles. The van der Waals surface area contributed by atoms with E-state index in [9.17, 15) is 14.4 Å². The summed E-state index contributed by atoms with van der Waals surface area (Å²) in [5.41, 5.74) is 0. The molecule has 114 valence electrons. The summed E-state index contributed by atoms with van der Waals surface area (Å²) in [5, 5.41) is 11.3. The van der Waals surface area contributed by atoms with Gasteiger partial charge in [-0.1, -0.05) is 0 Å². The molecular weight excluding hydrogens is 262 g/mol. The highest BCUT2D eigenvalue weighted by molar-refractivity contribution is 6.34. The van der Waals surface area contributed by atoms with Crippen LogP contribution in [0.25, 0.3) is 0 Å².